The standard InChI is InChI=1S/C17H24N4/c18-12-17(20-10-6-1-2-7-11-20)15-13-19-21(14-15)16-8-4-3-5-9-16/h3-5,8-9,13-14,17H,1-2,6-7,10-12,18H2. The molecule has 1 fully saturated rings. The van der Waals surface area contributed by atoms with Crippen molar-refractivity contribution in [1.29, 1.82) is 0 Å². The molecule has 0 saturated carbocycles. The second-order valence-corrected chi connectivity index (χ2v) is 5.76. The van der Waals surface area contributed by atoms with Crippen LogP contribution in [0.5, 0.6) is 0 Å². The molecule has 3 rings (SSSR count). The van der Waals surface area contributed by atoms with Crippen molar-refractivity contribution in [1.82, 2.24) is 14.7 Å². The lowest BCUT2D eigenvalue weighted by molar-refractivity contribution is 0.210. The van der Waals surface area contributed by atoms with E-state index in [0.29, 0.717) is 12.6 Å². The van der Waals surface area contributed by atoms with E-state index in [9.17, 15) is 0 Å². The highest BCUT2D eigenvalue weighted by atomic mass is 15.3. The molecule has 1 aromatic carbocycles. The van der Waals surface area contributed by atoms with Gasteiger partial charge in [0.15, 0.2) is 0 Å². The van der Waals surface area contributed by atoms with E-state index in [-0.39, 0.29) is 0 Å². The number of aromatic nitrogens is 2. The lowest BCUT2D eigenvalue weighted by Crippen LogP contribution is -2.34. The van der Waals surface area contributed by atoms with Crippen LogP contribution in [-0.2, 0) is 0 Å². The second-order valence-electron chi connectivity index (χ2n) is 5.76. The normalized spacial score (nSPS) is 18.3. The van der Waals surface area contributed by atoms with Gasteiger partial charge in [0.05, 0.1) is 17.9 Å². The predicted octanol–water partition coefficient (Wildman–Crippen LogP) is 2.75. The maximum absolute atomic E-state index is 6.06. The van der Waals surface area contributed by atoms with Crippen molar-refractivity contribution < 1.29 is 0 Å². The van der Waals surface area contributed by atoms with Gasteiger partial charge in [-0.15, -0.1) is 0 Å². The minimum Gasteiger partial charge on any atom is -0.329 e. The topological polar surface area (TPSA) is 47.1 Å². The molecule has 1 aromatic heterocycles. The Labute approximate surface area is 126 Å². The van der Waals surface area contributed by atoms with Crippen LogP contribution in [0.1, 0.15) is 37.3 Å². The Morgan fingerprint density at radius 3 is 2.43 bits per heavy atom. The minimum atomic E-state index is 0.292. The number of likely N-dealkylation sites (tertiary alicyclic amines) is 1. The molecule has 2 heterocycles. The van der Waals surface area contributed by atoms with Crippen LogP contribution >= 0.6 is 0 Å². The van der Waals surface area contributed by atoms with E-state index in [4.69, 9.17) is 5.73 Å². The lowest BCUT2D eigenvalue weighted by atomic mass is 10.1. The predicted molar refractivity (Wildman–Crippen MR) is 85.4 cm³/mol. The average Bonchev–Trinajstić information content (AvgIpc) is 2.86. The van der Waals surface area contributed by atoms with E-state index in [1.54, 1.807) is 0 Å². The summed E-state index contributed by atoms with van der Waals surface area (Å²) in [5.41, 5.74) is 8.37. The molecule has 2 aromatic rings. The minimum absolute atomic E-state index is 0.292. The van der Waals surface area contributed by atoms with Crippen molar-refractivity contribution in [2.24, 2.45) is 5.73 Å². The first-order chi connectivity index (χ1) is 10.4. The van der Waals surface area contributed by atoms with Gasteiger partial charge in [-0.2, -0.15) is 5.10 Å². The molecular formula is C17H24N4. The third-order valence-electron chi connectivity index (χ3n) is 4.31. The highest BCUT2D eigenvalue weighted by Crippen LogP contribution is 2.23. The van der Waals surface area contributed by atoms with E-state index >= 15 is 0 Å². The van der Waals surface area contributed by atoms with Crippen LogP contribution in [0.25, 0.3) is 5.69 Å². The molecule has 112 valence electrons. The van der Waals surface area contributed by atoms with Gasteiger partial charge in [0.1, 0.15) is 0 Å². The zero-order chi connectivity index (χ0) is 14.5. The number of para-hydroxylation sites is 1. The average molecular weight is 284 g/mol. The van der Waals surface area contributed by atoms with Crippen molar-refractivity contribution in [2.75, 3.05) is 19.6 Å². The number of hydrogen-bond donors (Lipinski definition) is 1. The Hall–Kier alpha value is -1.65. The van der Waals surface area contributed by atoms with Crippen molar-refractivity contribution in [2.45, 2.75) is 31.7 Å². The molecular weight excluding hydrogens is 260 g/mol. The van der Waals surface area contributed by atoms with Gasteiger partial charge in [0.25, 0.3) is 0 Å². The molecule has 4 nitrogen and oxygen atoms in total. The lowest BCUT2D eigenvalue weighted by Gasteiger charge is -2.28. The summed E-state index contributed by atoms with van der Waals surface area (Å²) in [5, 5.41) is 4.51. The molecule has 1 unspecified atom stereocenters. The fourth-order valence-corrected chi connectivity index (χ4v) is 3.13. The Morgan fingerprint density at radius 1 is 1.05 bits per heavy atom. The summed E-state index contributed by atoms with van der Waals surface area (Å²) >= 11 is 0. The van der Waals surface area contributed by atoms with E-state index in [1.165, 1.54) is 31.2 Å². The fraction of sp³-hybridized carbons (Fsp3) is 0.471. The van der Waals surface area contributed by atoms with Crippen LogP contribution in [0.4, 0.5) is 0 Å². The van der Waals surface area contributed by atoms with Crippen molar-refractivity contribution in [3.05, 3.63) is 48.3 Å². The van der Waals surface area contributed by atoms with Gasteiger partial charge in [-0.1, -0.05) is 31.0 Å². The van der Waals surface area contributed by atoms with E-state index in [2.05, 4.69) is 28.3 Å². The summed E-state index contributed by atoms with van der Waals surface area (Å²) in [6.45, 7) is 2.96. The summed E-state index contributed by atoms with van der Waals surface area (Å²) < 4.78 is 1.94. The molecule has 4 heteroatoms. The second kappa shape index (κ2) is 6.87. The molecule has 0 radical (unpaired) electrons. The molecule has 1 atom stereocenters. The number of hydrogen-bond acceptors (Lipinski definition) is 3. The van der Waals surface area contributed by atoms with Gasteiger partial charge in [-0.3, -0.25) is 4.90 Å². The van der Waals surface area contributed by atoms with Crippen LogP contribution in [0.3, 0.4) is 0 Å². The quantitative estimate of drug-likeness (QED) is 0.939. The van der Waals surface area contributed by atoms with Crippen molar-refractivity contribution in [3.63, 3.8) is 0 Å². The maximum atomic E-state index is 6.06. The molecule has 0 bridgehead atoms. The fourth-order valence-electron chi connectivity index (χ4n) is 3.13. The number of nitrogens with two attached hydrogens (primary N) is 1. The first kappa shape index (κ1) is 14.3. The SMILES string of the molecule is NCC(c1cnn(-c2ccccc2)c1)N1CCCCCC1. The van der Waals surface area contributed by atoms with E-state index < -0.39 is 0 Å². The molecule has 0 amide bonds. The summed E-state index contributed by atoms with van der Waals surface area (Å²) in [7, 11) is 0. The first-order valence-corrected chi connectivity index (χ1v) is 7.92. The zero-order valence-electron chi connectivity index (χ0n) is 12.5. The van der Waals surface area contributed by atoms with E-state index in [1.807, 2.05) is 29.1 Å². The van der Waals surface area contributed by atoms with Crippen molar-refractivity contribution in [3.8, 4) is 5.69 Å². The summed E-state index contributed by atoms with van der Waals surface area (Å²) in [6, 6.07) is 10.5. The Bertz CT molecular complexity index is 541. The van der Waals surface area contributed by atoms with Gasteiger partial charge in [0.2, 0.25) is 0 Å². The summed E-state index contributed by atoms with van der Waals surface area (Å²) in [4.78, 5) is 2.53. The molecule has 21 heavy (non-hydrogen) atoms. The van der Waals surface area contributed by atoms with Gasteiger partial charge in [-0.25, -0.2) is 4.68 Å². The number of benzene rings is 1. The van der Waals surface area contributed by atoms with Gasteiger partial charge < -0.3 is 5.73 Å². The zero-order valence-corrected chi connectivity index (χ0v) is 12.5. The molecule has 1 aliphatic rings. The highest BCUT2D eigenvalue weighted by Gasteiger charge is 2.21. The third-order valence-corrected chi connectivity index (χ3v) is 4.31. The smallest absolute Gasteiger partial charge is 0.0645 e. The van der Waals surface area contributed by atoms with Gasteiger partial charge in [0, 0.05) is 18.3 Å². The largest absolute Gasteiger partial charge is 0.329 e. The third kappa shape index (κ3) is 3.34. The van der Waals surface area contributed by atoms with Crippen LogP contribution in [0.15, 0.2) is 42.7 Å². The molecule has 1 aliphatic heterocycles. The van der Waals surface area contributed by atoms with Gasteiger partial charge >= 0.3 is 0 Å². The van der Waals surface area contributed by atoms with Crippen molar-refractivity contribution >= 4 is 0 Å². The molecule has 1 saturated heterocycles. The monoisotopic (exact) mass is 284 g/mol. The highest BCUT2D eigenvalue weighted by molar-refractivity contribution is 5.31. The molecule has 0 spiro atoms. The molecule has 2 N–H and O–H groups in total. The van der Waals surface area contributed by atoms with Crippen LogP contribution in [0.2, 0.25) is 0 Å². The van der Waals surface area contributed by atoms with E-state index in [0.717, 1.165) is 18.8 Å². The maximum Gasteiger partial charge on any atom is 0.0645 e. The Morgan fingerprint density at radius 2 is 1.76 bits per heavy atom. The van der Waals surface area contributed by atoms with Crippen LogP contribution in [-0.4, -0.2) is 34.3 Å². The van der Waals surface area contributed by atoms with Crippen LogP contribution < -0.4 is 5.73 Å². The Balaban J connectivity index is 1.79. The van der Waals surface area contributed by atoms with Crippen LogP contribution in [0, 0.1) is 0 Å². The number of nitrogens with zero attached hydrogens (tertiary/aromatic N) is 3. The summed E-state index contributed by atoms with van der Waals surface area (Å²) in [5.74, 6) is 0. The number of rotatable bonds is 4. The van der Waals surface area contributed by atoms with Gasteiger partial charge in [-0.05, 0) is 38.1 Å². The molecule has 0 aliphatic carbocycles. The first-order valence-electron chi connectivity index (χ1n) is 7.92. The summed E-state index contributed by atoms with van der Waals surface area (Å²) in [6.07, 6.45) is 9.34. The Kier molecular flexibility index (Phi) is 4.68.